The molecule has 1 aliphatic heterocycles. The van der Waals surface area contributed by atoms with Crippen molar-refractivity contribution < 1.29 is 12.7 Å². The van der Waals surface area contributed by atoms with Crippen molar-refractivity contribution in [2.24, 2.45) is 0 Å². The Morgan fingerprint density at radius 2 is 1.93 bits per heavy atom. The quantitative estimate of drug-likeness (QED) is 0.571. The van der Waals surface area contributed by atoms with Gasteiger partial charge in [0.25, 0.3) is 0 Å². The highest BCUT2D eigenvalue weighted by Crippen LogP contribution is 2.34. The number of thioether (sulfide) groups is 1. The maximum absolute atomic E-state index is 12.3. The smallest absolute Gasteiger partial charge is 0.192 e. The fourth-order valence-corrected chi connectivity index (χ4v) is 4.35. The van der Waals surface area contributed by atoms with Crippen molar-refractivity contribution in [1.82, 2.24) is 5.48 Å². The standard InChI is InChI=1S/C19H15ClN2O3S2/c1-13-4-2-3-5-16(13)18(12-21)17-10-11-26-19(17)22-25-27(23,24)15-8-6-14(20)7-9-15/h2-11,19,22H,1H3/b18-17+. The summed E-state index contributed by atoms with van der Waals surface area (Å²) in [6.45, 7) is 1.92. The van der Waals surface area contributed by atoms with E-state index in [2.05, 4.69) is 11.5 Å². The average Bonchev–Trinajstić information content (AvgIpc) is 3.11. The highest BCUT2D eigenvalue weighted by Gasteiger charge is 2.25. The summed E-state index contributed by atoms with van der Waals surface area (Å²) in [5, 5.41) is 11.4. The first-order valence-electron chi connectivity index (χ1n) is 7.89. The van der Waals surface area contributed by atoms with Gasteiger partial charge in [-0.15, -0.1) is 11.8 Å². The summed E-state index contributed by atoms with van der Waals surface area (Å²) < 4.78 is 29.7. The van der Waals surface area contributed by atoms with Gasteiger partial charge in [0.15, 0.2) is 0 Å². The maximum atomic E-state index is 12.3. The van der Waals surface area contributed by atoms with Gasteiger partial charge in [0.2, 0.25) is 0 Å². The fraction of sp³-hybridized carbons (Fsp3) is 0.105. The molecular formula is C19H15ClN2O3S2. The summed E-state index contributed by atoms with van der Waals surface area (Å²) in [6.07, 6.45) is 1.78. The summed E-state index contributed by atoms with van der Waals surface area (Å²) in [4.78, 5) is -0.0136. The number of nitrogens with one attached hydrogen (secondary N) is 1. The highest BCUT2D eigenvalue weighted by atomic mass is 35.5. The zero-order valence-corrected chi connectivity index (χ0v) is 16.6. The predicted molar refractivity (Wildman–Crippen MR) is 107 cm³/mol. The van der Waals surface area contributed by atoms with Gasteiger partial charge in [-0.1, -0.05) is 35.9 Å². The summed E-state index contributed by atoms with van der Waals surface area (Å²) >= 11 is 7.11. The van der Waals surface area contributed by atoms with Crippen molar-refractivity contribution in [2.45, 2.75) is 17.2 Å². The minimum absolute atomic E-state index is 0.0136. The molecule has 2 aromatic carbocycles. The van der Waals surface area contributed by atoms with Crippen LogP contribution in [-0.4, -0.2) is 13.8 Å². The van der Waals surface area contributed by atoms with Gasteiger partial charge in [0.05, 0.1) is 10.5 Å². The molecule has 2 aromatic rings. The lowest BCUT2D eigenvalue weighted by Gasteiger charge is -2.16. The van der Waals surface area contributed by atoms with Crippen LogP contribution in [0.5, 0.6) is 0 Å². The van der Waals surface area contributed by atoms with E-state index < -0.39 is 15.5 Å². The average molecular weight is 419 g/mol. The number of nitrogens with zero attached hydrogens (tertiary/aromatic N) is 1. The van der Waals surface area contributed by atoms with Crippen molar-refractivity contribution in [1.29, 1.82) is 5.26 Å². The number of hydrogen-bond acceptors (Lipinski definition) is 6. The van der Waals surface area contributed by atoms with Gasteiger partial charge in [-0.05, 0) is 53.8 Å². The molecule has 0 bridgehead atoms. The second kappa shape index (κ2) is 8.30. The molecule has 0 spiro atoms. The van der Waals surface area contributed by atoms with E-state index in [0.29, 0.717) is 16.2 Å². The Morgan fingerprint density at radius 3 is 2.59 bits per heavy atom. The van der Waals surface area contributed by atoms with Crippen molar-refractivity contribution in [3.63, 3.8) is 0 Å². The molecule has 1 aliphatic rings. The normalized spacial score (nSPS) is 18.3. The Balaban J connectivity index is 1.84. The van der Waals surface area contributed by atoms with Crippen LogP contribution in [0.25, 0.3) is 5.57 Å². The van der Waals surface area contributed by atoms with Crippen LogP contribution in [0, 0.1) is 18.3 Å². The van der Waals surface area contributed by atoms with Crippen LogP contribution in [0.4, 0.5) is 0 Å². The van der Waals surface area contributed by atoms with E-state index in [1.165, 1.54) is 36.0 Å². The molecule has 3 rings (SSSR count). The van der Waals surface area contributed by atoms with Gasteiger partial charge in [-0.3, -0.25) is 0 Å². The van der Waals surface area contributed by atoms with E-state index in [-0.39, 0.29) is 4.90 Å². The first kappa shape index (κ1) is 19.7. The molecule has 0 amide bonds. The predicted octanol–water partition coefficient (Wildman–Crippen LogP) is 4.42. The Hall–Kier alpha value is -2.08. The molecule has 0 saturated carbocycles. The van der Waals surface area contributed by atoms with E-state index in [4.69, 9.17) is 15.9 Å². The number of hydrogen-bond donors (Lipinski definition) is 1. The Kier molecular flexibility index (Phi) is 6.05. The van der Waals surface area contributed by atoms with Gasteiger partial charge < -0.3 is 0 Å². The van der Waals surface area contributed by atoms with E-state index in [9.17, 15) is 13.7 Å². The van der Waals surface area contributed by atoms with Crippen LogP contribution in [-0.2, 0) is 14.4 Å². The lowest BCUT2D eigenvalue weighted by atomic mass is 9.97. The minimum Gasteiger partial charge on any atom is -0.192 e. The number of nitriles is 1. The topological polar surface area (TPSA) is 79.2 Å². The monoisotopic (exact) mass is 418 g/mol. The van der Waals surface area contributed by atoms with Gasteiger partial charge >= 0.3 is 10.1 Å². The summed E-state index contributed by atoms with van der Waals surface area (Å²) in [6, 6.07) is 15.4. The molecular weight excluding hydrogens is 404 g/mol. The molecule has 1 heterocycles. The van der Waals surface area contributed by atoms with Crippen LogP contribution in [0.3, 0.4) is 0 Å². The minimum atomic E-state index is -4.01. The molecule has 1 N–H and O–H groups in total. The molecule has 5 nitrogen and oxygen atoms in total. The third-order valence-corrected chi connectivity index (χ3v) is 6.26. The number of rotatable bonds is 5. The molecule has 0 fully saturated rings. The Labute approximate surface area is 167 Å². The van der Waals surface area contributed by atoms with E-state index in [1.807, 2.05) is 31.2 Å². The fourth-order valence-electron chi connectivity index (χ4n) is 2.55. The summed E-state index contributed by atoms with van der Waals surface area (Å²) in [5.74, 6) is 0. The summed E-state index contributed by atoms with van der Waals surface area (Å²) in [5.41, 5.74) is 5.45. The number of halogens is 1. The highest BCUT2D eigenvalue weighted by molar-refractivity contribution is 8.03. The Morgan fingerprint density at radius 1 is 1.22 bits per heavy atom. The maximum Gasteiger partial charge on any atom is 0.312 e. The van der Waals surface area contributed by atoms with Gasteiger partial charge in [-0.25, -0.2) is 0 Å². The van der Waals surface area contributed by atoms with Gasteiger partial charge in [-0.2, -0.15) is 23.4 Å². The van der Waals surface area contributed by atoms with Crippen LogP contribution in [0.2, 0.25) is 5.02 Å². The zero-order chi connectivity index (χ0) is 19.4. The molecule has 27 heavy (non-hydrogen) atoms. The van der Waals surface area contributed by atoms with Crippen LogP contribution >= 0.6 is 23.4 Å². The second-order valence-corrected chi connectivity index (χ2v) is 8.68. The Bertz CT molecular complexity index is 1060. The zero-order valence-electron chi connectivity index (χ0n) is 14.2. The van der Waals surface area contributed by atoms with Crippen molar-refractivity contribution in [3.05, 3.63) is 81.7 Å². The first-order chi connectivity index (χ1) is 12.9. The molecule has 1 unspecified atom stereocenters. The van der Waals surface area contributed by atoms with Gasteiger partial charge in [0, 0.05) is 10.6 Å². The van der Waals surface area contributed by atoms with E-state index in [1.54, 1.807) is 11.5 Å². The first-order valence-corrected chi connectivity index (χ1v) is 10.6. The van der Waals surface area contributed by atoms with Crippen molar-refractivity contribution in [3.8, 4) is 6.07 Å². The molecule has 0 saturated heterocycles. The largest absolute Gasteiger partial charge is 0.312 e. The number of hydroxylamine groups is 1. The van der Waals surface area contributed by atoms with E-state index in [0.717, 1.165) is 11.1 Å². The van der Waals surface area contributed by atoms with Gasteiger partial charge in [0.1, 0.15) is 11.4 Å². The summed E-state index contributed by atoms with van der Waals surface area (Å²) in [7, 11) is -4.01. The number of aryl methyl sites for hydroxylation is 1. The SMILES string of the molecule is Cc1ccccc1/C(C#N)=C1\C=CSC1NOS(=O)(=O)c1ccc(Cl)cc1. The third kappa shape index (κ3) is 4.43. The lowest BCUT2D eigenvalue weighted by Crippen LogP contribution is -2.29. The van der Waals surface area contributed by atoms with Crippen LogP contribution < -0.4 is 5.48 Å². The van der Waals surface area contributed by atoms with E-state index >= 15 is 0 Å². The number of benzene rings is 2. The second-order valence-electron chi connectivity index (χ2n) is 5.69. The molecule has 138 valence electrons. The molecule has 1 atom stereocenters. The van der Waals surface area contributed by atoms with Crippen molar-refractivity contribution in [2.75, 3.05) is 0 Å². The molecule has 0 radical (unpaired) electrons. The third-order valence-electron chi connectivity index (χ3n) is 3.93. The molecule has 0 aromatic heterocycles. The molecule has 0 aliphatic carbocycles. The molecule has 8 heteroatoms. The number of allylic oxidation sites excluding steroid dienone is 1. The van der Waals surface area contributed by atoms with Crippen molar-refractivity contribution >= 4 is 39.1 Å². The lowest BCUT2D eigenvalue weighted by molar-refractivity contribution is 0.206. The van der Waals surface area contributed by atoms with Crippen LogP contribution in [0.1, 0.15) is 11.1 Å². The van der Waals surface area contributed by atoms with Crippen LogP contribution in [0.15, 0.2) is 70.5 Å².